The van der Waals surface area contributed by atoms with E-state index in [4.69, 9.17) is 5.11 Å². The normalized spacial score (nSPS) is 11.5. The van der Waals surface area contributed by atoms with Crippen LogP contribution in [0.3, 0.4) is 0 Å². The second-order valence-electron chi connectivity index (χ2n) is 3.73. The molecule has 80 valence electrons. The molecule has 0 saturated heterocycles. The summed E-state index contributed by atoms with van der Waals surface area (Å²) < 4.78 is 14.9. The van der Waals surface area contributed by atoms with Crippen LogP contribution >= 0.6 is 0 Å². The van der Waals surface area contributed by atoms with Crippen molar-refractivity contribution in [2.24, 2.45) is 0 Å². The average molecular weight is 209 g/mol. The lowest BCUT2D eigenvalue weighted by atomic mass is 10.1. The predicted molar refractivity (Wildman–Crippen MR) is 53.0 cm³/mol. The molecule has 0 unspecified atom stereocenters. The molecule has 0 saturated carbocycles. The van der Waals surface area contributed by atoms with Gasteiger partial charge in [0.05, 0.1) is 0 Å². The van der Waals surface area contributed by atoms with Crippen molar-refractivity contribution in [1.82, 2.24) is 14.6 Å². The maximum absolute atomic E-state index is 13.6. The van der Waals surface area contributed by atoms with Gasteiger partial charge in [-0.3, -0.25) is 0 Å². The fraction of sp³-hybridized carbons (Fsp3) is 0.400. The van der Waals surface area contributed by atoms with Crippen molar-refractivity contribution in [3.8, 4) is 0 Å². The zero-order valence-electron chi connectivity index (χ0n) is 8.61. The number of nitrogens with zero attached hydrogens (tertiary/aromatic N) is 3. The van der Waals surface area contributed by atoms with E-state index in [1.165, 1.54) is 10.6 Å². The van der Waals surface area contributed by atoms with Gasteiger partial charge < -0.3 is 5.11 Å². The number of pyridine rings is 1. The molecule has 4 nitrogen and oxygen atoms in total. The lowest BCUT2D eigenvalue weighted by Gasteiger charge is -2.05. The monoisotopic (exact) mass is 209 g/mol. The minimum atomic E-state index is -0.409. The van der Waals surface area contributed by atoms with E-state index in [2.05, 4.69) is 10.1 Å². The number of rotatable bonds is 2. The van der Waals surface area contributed by atoms with Gasteiger partial charge in [0.25, 0.3) is 0 Å². The van der Waals surface area contributed by atoms with E-state index in [-0.39, 0.29) is 24.0 Å². The van der Waals surface area contributed by atoms with Crippen LogP contribution in [0.25, 0.3) is 5.65 Å². The van der Waals surface area contributed by atoms with E-state index in [0.717, 1.165) is 5.56 Å². The highest BCUT2D eigenvalue weighted by molar-refractivity contribution is 5.41. The summed E-state index contributed by atoms with van der Waals surface area (Å²) in [5, 5.41) is 12.8. The summed E-state index contributed by atoms with van der Waals surface area (Å²) in [5.74, 6) is 0.0499. The zero-order valence-corrected chi connectivity index (χ0v) is 8.61. The van der Waals surface area contributed by atoms with Crippen LogP contribution in [0.1, 0.15) is 31.2 Å². The first-order valence-electron chi connectivity index (χ1n) is 4.77. The van der Waals surface area contributed by atoms with Gasteiger partial charge in [-0.2, -0.15) is 0 Å². The quantitative estimate of drug-likeness (QED) is 0.815. The van der Waals surface area contributed by atoms with Gasteiger partial charge in [0, 0.05) is 6.20 Å². The van der Waals surface area contributed by atoms with Gasteiger partial charge in [-0.1, -0.05) is 13.8 Å². The molecule has 2 heterocycles. The molecule has 0 bridgehead atoms. The van der Waals surface area contributed by atoms with Crippen molar-refractivity contribution < 1.29 is 9.50 Å². The summed E-state index contributed by atoms with van der Waals surface area (Å²) in [7, 11) is 0. The fourth-order valence-electron chi connectivity index (χ4n) is 1.39. The first-order valence-corrected chi connectivity index (χ1v) is 4.77. The summed E-state index contributed by atoms with van der Waals surface area (Å²) in [6, 6.07) is 1.45. The highest BCUT2D eigenvalue weighted by atomic mass is 19.1. The molecule has 0 amide bonds. The number of aliphatic hydroxyl groups excluding tert-OH is 1. The Morgan fingerprint density at radius 2 is 2.27 bits per heavy atom. The first-order chi connectivity index (χ1) is 7.11. The first kappa shape index (κ1) is 10.0. The Balaban J connectivity index is 2.65. The number of hydrogen-bond acceptors (Lipinski definition) is 3. The van der Waals surface area contributed by atoms with Crippen molar-refractivity contribution in [2.45, 2.75) is 26.4 Å². The standard InChI is InChI=1S/C10H12FN3O/c1-6(2)7-3-8(11)10-12-9(5-15)13-14(10)4-7/h3-4,6,15H,5H2,1-2H3. The van der Waals surface area contributed by atoms with E-state index in [0.29, 0.717) is 0 Å². The highest BCUT2D eigenvalue weighted by Crippen LogP contribution is 2.17. The summed E-state index contributed by atoms with van der Waals surface area (Å²) >= 11 is 0. The van der Waals surface area contributed by atoms with E-state index < -0.39 is 5.82 Å². The van der Waals surface area contributed by atoms with Gasteiger partial charge in [-0.15, -0.1) is 5.10 Å². The average Bonchev–Trinajstić information content (AvgIpc) is 2.61. The largest absolute Gasteiger partial charge is 0.388 e. The van der Waals surface area contributed by atoms with Crippen molar-refractivity contribution in [1.29, 1.82) is 0 Å². The van der Waals surface area contributed by atoms with Crippen LogP contribution in [0, 0.1) is 5.82 Å². The molecule has 2 rings (SSSR count). The van der Waals surface area contributed by atoms with Crippen molar-refractivity contribution in [3.05, 3.63) is 29.5 Å². The molecule has 0 aliphatic rings. The molecular formula is C10H12FN3O. The molecule has 0 radical (unpaired) electrons. The Kier molecular flexibility index (Phi) is 2.40. The van der Waals surface area contributed by atoms with Gasteiger partial charge in [0.2, 0.25) is 0 Å². The Morgan fingerprint density at radius 3 is 2.87 bits per heavy atom. The molecule has 1 N–H and O–H groups in total. The molecular weight excluding hydrogens is 197 g/mol. The van der Waals surface area contributed by atoms with Gasteiger partial charge in [0.15, 0.2) is 17.3 Å². The Hall–Kier alpha value is -1.49. The molecule has 0 atom stereocenters. The van der Waals surface area contributed by atoms with Crippen LogP contribution < -0.4 is 0 Å². The topological polar surface area (TPSA) is 50.4 Å². The van der Waals surface area contributed by atoms with Crippen LogP contribution in [-0.2, 0) is 6.61 Å². The molecule has 2 aromatic rings. The number of halogens is 1. The van der Waals surface area contributed by atoms with Crippen LogP contribution in [0.5, 0.6) is 0 Å². The maximum Gasteiger partial charge on any atom is 0.191 e. The Bertz CT molecular complexity index is 493. The third kappa shape index (κ3) is 1.70. The van der Waals surface area contributed by atoms with E-state index in [9.17, 15) is 4.39 Å². The SMILES string of the molecule is CC(C)c1cc(F)c2nc(CO)nn2c1. The predicted octanol–water partition coefficient (Wildman–Crippen LogP) is 1.48. The minimum absolute atomic E-state index is 0.156. The fourth-order valence-corrected chi connectivity index (χ4v) is 1.39. The van der Waals surface area contributed by atoms with Gasteiger partial charge in [0.1, 0.15) is 6.61 Å². The summed E-state index contributed by atoms with van der Waals surface area (Å²) in [6.45, 7) is 3.67. The summed E-state index contributed by atoms with van der Waals surface area (Å²) in [6.07, 6.45) is 1.73. The number of hydrogen-bond donors (Lipinski definition) is 1. The van der Waals surface area contributed by atoms with Gasteiger partial charge in [-0.05, 0) is 17.5 Å². The molecule has 15 heavy (non-hydrogen) atoms. The maximum atomic E-state index is 13.6. The molecule has 0 spiro atoms. The lowest BCUT2D eigenvalue weighted by Crippen LogP contribution is -1.97. The third-order valence-electron chi connectivity index (χ3n) is 2.26. The number of aliphatic hydroxyl groups is 1. The molecule has 0 aliphatic carbocycles. The van der Waals surface area contributed by atoms with Crippen molar-refractivity contribution in [2.75, 3.05) is 0 Å². The third-order valence-corrected chi connectivity index (χ3v) is 2.26. The van der Waals surface area contributed by atoms with E-state index in [1.54, 1.807) is 6.20 Å². The van der Waals surface area contributed by atoms with Gasteiger partial charge >= 0.3 is 0 Å². The van der Waals surface area contributed by atoms with Crippen LogP contribution in [0.2, 0.25) is 0 Å². The molecule has 2 aromatic heterocycles. The van der Waals surface area contributed by atoms with Gasteiger partial charge in [-0.25, -0.2) is 13.9 Å². The summed E-state index contributed by atoms with van der Waals surface area (Å²) in [5.41, 5.74) is 1.01. The minimum Gasteiger partial charge on any atom is -0.388 e. The van der Waals surface area contributed by atoms with Crippen LogP contribution in [0.15, 0.2) is 12.3 Å². The number of fused-ring (bicyclic) bond motifs is 1. The lowest BCUT2D eigenvalue weighted by molar-refractivity contribution is 0.271. The molecule has 0 fully saturated rings. The Labute approximate surface area is 86.4 Å². The summed E-state index contributed by atoms with van der Waals surface area (Å²) in [4.78, 5) is 3.86. The molecule has 5 heteroatoms. The molecule has 0 aliphatic heterocycles. The van der Waals surface area contributed by atoms with Crippen LogP contribution in [-0.4, -0.2) is 19.7 Å². The second kappa shape index (κ2) is 3.58. The van der Waals surface area contributed by atoms with Crippen LogP contribution in [0.4, 0.5) is 4.39 Å². The van der Waals surface area contributed by atoms with E-state index in [1.807, 2.05) is 13.8 Å². The smallest absolute Gasteiger partial charge is 0.191 e. The number of aromatic nitrogens is 3. The Morgan fingerprint density at radius 1 is 1.53 bits per heavy atom. The zero-order chi connectivity index (χ0) is 11.0. The second-order valence-corrected chi connectivity index (χ2v) is 3.73. The van der Waals surface area contributed by atoms with E-state index >= 15 is 0 Å². The van der Waals surface area contributed by atoms with Crippen molar-refractivity contribution >= 4 is 5.65 Å². The van der Waals surface area contributed by atoms with Crippen molar-refractivity contribution in [3.63, 3.8) is 0 Å². The highest BCUT2D eigenvalue weighted by Gasteiger charge is 2.10. The molecule has 0 aromatic carbocycles.